The van der Waals surface area contributed by atoms with Crippen LogP contribution in [0.1, 0.15) is 23.0 Å². The fourth-order valence-electron chi connectivity index (χ4n) is 1.48. The van der Waals surface area contributed by atoms with Crippen molar-refractivity contribution in [3.8, 4) is 0 Å². The van der Waals surface area contributed by atoms with Crippen LogP contribution in [0.2, 0.25) is 0 Å². The average molecular weight is 197 g/mol. The molecule has 0 fully saturated rings. The Morgan fingerprint density at radius 1 is 1.57 bits per heavy atom. The van der Waals surface area contributed by atoms with Crippen LogP contribution in [-0.4, -0.2) is 22.9 Å². The number of nitrogens with zero attached hydrogens (tertiary/aromatic N) is 2. The smallest absolute Gasteiger partial charge is 0.327 e. The lowest BCUT2D eigenvalue weighted by molar-refractivity contribution is -0.142. The normalized spacial score (nSPS) is 12.6. The molecule has 0 bridgehead atoms. The first kappa shape index (κ1) is 10.7. The van der Waals surface area contributed by atoms with Crippen LogP contribution in [-0.2, 0) is 16.6 Å². The molecule has 1 aromatic heterocycles. The van der Waals surface area contributed by atoms with Crippen LogP contribution in [0.3, 0.4) is 0 Å². The molecule has 1 atom stereocenters. The van der Waals surface area contributed by atoms with Gasteiger partial charge in [-0.3, -0.25) is 9.48 Å². The Labute approximate surface area is 82.8 Å². The predicted molar refractivity (Wildman–Crippen MR) is 51.6 cm³/mol. The lowest BCUT2D eigenvalue weighted by Crippen LogP contribution is -2.23. The Hall–Kier alpha value is -1.36. The number of rotatable bonds is 2. The van der Waals surface area contributed by atoms with E-state index in [9.17, 15) is 4.79 Å². The first-order valence-electron chi connectivity index (χ1n) is 4.32. The van der Waals surface area contributed by atoms with E-state index in [1.54, 1.807) is 4.68 Å². The third-order valence-electron chi connectivity index (χ3n) is 2.33. The number of esters is 1. The Balaban J connectivity index is 3.12. The maximum absolute atomic E-state index is 11.2. The van der Waals surface area contributed by atoms with Crippen LogP contribution in [0.25, 0.3) is 0 Å². The highest BCUT2D eigenvalue weighted by atomic mass is 16.5. The van der Waals surface area contributed by atoms with Gasteiger partial charge in [0.25, 0.3) is 0 Å². The fourth-order valence-corrected chi connectivity index (χ4v) is 1.48. The van der Waals surface area contributed by atoms with Gasteiger partial charge in [-0.25, -0.2) is 0 Å². The summed E-state index contributed by atoms with van der Waals surface area (Å²) in [6.45, 7) is 3.70. The van der Waals surface area contributed by atoms with E-state index in [0.29, 0.717) is 0 Å². The van der Waals surface area contributed by atoms with Gasteiger partial charge in [0.05, 0.1) is 12.8 Å². The van der Waals surface area contributed by atoms with Gasteiger partial charge in [-0.2, -0.15) is 5.10 Å². The second kappa shape index (κ2) is 3.79. The monoisotopic (exact) mass is 197 g/mol. The lowest BCUT2D eigenvalue weighted by Gasteiger charge is -2.09. The fraction of sp³-hybridized carbons (Fsp3) is 0.556. The van der Waals surface area contributed by atoms with E-state index in [-0.39, 0.29) is 0 Å². The van der Waals surface area contributed by atoms with Gasteiger partial charge in [-0.05, 0) is 13.8 Å². The van der Waals surface area contributed by atoms with Crippen molar-refractivity contribution in [1.29, 1.82) is 0 Å². The molecular weight excluding hydrogens is 182 g/mol. The van der Waals surface area contributed by atoms with Crippen molar-refractivity contribution >= 4 is 5.97 Å². The number of ether oxygens (including phenoxy) is 1. The maximum atomic E-state index is 11.2. The third kappa shape index (κ3) is 1.63. The molecule has 0 aliphatic carbocycles. The summed E-state index contributed by atoms with van der Waals surface area (Å²) in [6, 6.07) is -0.742. The summed E-state index contributed by atoms with van der Waals surface area (Å²) in [5, 5.41) is 4.18. The van der Waals surface area contributed by atoms with Crippen LogP contribution in [0.4, 0.5) is 0 Å². The molecule has 1 rings (SSSR count). The molecule has 1 aromatic rings. The molecule has 5 heteroatoms. The van der Waals surface area contributed by atoms with Crippen LogP contribution >= 0.6 is 0 Å². The minimum absolute atomic E-state index is 0.441. The topological polar surface area (TPSA) is 70.1 Å². The highest BCUT2D eigenvalue weighted by molar-refractivity contribution is 5.77. The summed E-state index contributed by atoms with van der Waals surface area (Å²) in [4.78, 5) is 11.2. The Morgan fingerprint density at radius 2 is 2.14 bits per heavy atom. The van der Waals surface area contributed by atoms with Gasteiger partial charge in [-0.1, -0.05) is 0 Å². The van der Waals surface area contributed by atoms with Crippen LogP contribution in [0.15, 0.2) is 0 Å². The third-order valence-corrected chi connectivity index (χ3v) is 2.33. The van der Waals surface area contributed by atoms with Crippen molar-refractivity contribution in [2.75, 3.05) is 7.11 Å². The number of nitrogens with two attached hydrogens (primary N) is 1. The minimum atomic E-state index is -0.742. The highest BCUT2D eigenvalue weighted by Gasteiger charge is 2.23. The van der Waals surface area contributed by atoms with Crippen molar-refractivity contribution in [2.45, 2.75) is 19.9 Å². The molecular formula is C9H15N3O2. The van der Waals surface area contributed by atoms with Crippen molar-refractivity contribution in [3.63, 3.8) is 0 Å². The second-order valence-electron chi connectivity index (χ2n) is 3.21. The highest BCUT2D eigenvalue weighted by Crippen LogP contribution is 2.19. The van der Waals surface area contributed by atoms with Crippen molar-refractivity contribution in [3.05, 3.63) is 17.0 Å². The summed E-state index contributed by atoms with van der Waals surface area (Å²) >= 11 is 0. The number of hydrogen-bond donors (Lipinski definition) is 1. The van der Waals surface area contributed by atoms with Crippen LogP contribution < -0.4 is 5.73 Å². The van der Waals surface area contributed by atoms with E-state index in [2.05, 4.69) is 9.84 Å². The first-order valence-corrected chi connectivity index (χ1v) is 4.32. The molecule has 0 amide bonds. The summed E-state index contributed by atoms with van der Waals surface area (Å²) < 4.78 is 6.29. The summed E-state index contributed by atoms with van der Waals surface area (Å²) in [7, 11) is 3.14. The molecule has 14 heavy (non-hydrogen) atoms. The van der Waals surface area contributed by atoms with Crippen molar-refractivity contribution in [1.82, 2.24) is 9.78 Å². The van der Waals surface area contributed by atoms with Gasteiger partial charge in [-0.15, -0.1) is 0 Å². The van der Waals surface area contributed by atoms with E-state index >= 15 is 0 Å². The quantitative estimate of drug-likeness (QED) is 0.688. The Kier molecular flexibility index (Phi) is 2.90. The molecule has 5 nitrogen and oxygen atoms in total. The number of carbonyl (C=O) groups excluding carboxylic acids is 1. The maximum Gasteiger partial charge on any atom is 0.327 e. The van der Waals surface area contributed by atoms with Gasteiger partial charge in [0.15, 0.2) is 0 Å². The second-order valence-corrected chi connectivity index (χ2v) is 3.21. The predicted octanol–water partition coefficient (Wildman–Crippen LogP) is 0.210. The lowest BCUT2D eigenvalue weighted by atomic mass is 10.1. The Morgan fingerprint density at radius 3 is 2.50 bits per heavy atom. The summed E-state index contributed by atoms with van der Waals surface area (Å²) in [5.74, 6) is -0.441. The standard InChI is InChI=1S/C9H15N3O2/c1-5-7(6(2)12(3)11-5)8(10)9(13)14-4/h8H,10H2,1-4H3. The first-order chi connectivity index (χ1) is 6.49. The number of carbonyl (C=O) groups is 1. The molecule has 1 heterocycles. The Bertz CT molecular complexity index is 357. The van der Waals surface area contributed by atoms with Gasteiger partial charge in [0.2, 0.25) is 0 Å². The molecule has 0 aromatic carbocycles. The van der Waals surface area contributed by atoms with Crippen molar-refractivity contribution < 1.29 is 9.53 Å². The molecule has 0 radical (unpaired) electrons. The summed E-state index contributed by atoms with van der Waals surface area (Å²) in [5.41, 5.74) is 8.14. The molecule has 78 valence electrons. The number of hydrogen-bond acceptors (Lipinski definition) is 4. The number of aromatic nitrogens is 2. The van der Waals surface area contributed by atoms with E-state index in [0.717, 1.165) is 17.0 Å². The SMILES string of the molecule is COC(=O)C(N)c1c(C)nn(C)c1C. The molecule has 2 N–H and O–H groups in total. The molecule has 0 saturated heterocycles. The van der Waals surface area contributed by atoms with Gasteiger partial charge in [0.1, 0.15) is 6.04 Å². The zero-order valence-electron chi connectivity index (χ0n) is 8.87. The van der Waals surface area contributed by atoms with E-state index in [1.807, 2.05) is 20.9 Å². The van der Waals surface area contributed by atoms with Crippen LogP contribution in [0, 0.1) is 13.8 Å². The van der Waals surface area contributed by atoms with E-state index in [4.69, 9.17) is 5.73 Å². The van der Waals surface area contributed by atoms with Gasteiger partial charge in [0, 0.05) is 18.3 Å². The molecule has 1 unspecified atom stereocenters. The summed E-state index contributed by atoms with van der Waals surface area (Å²) in [6.07, 6.45) is 0. The largest absolute Gasteiger partial charge is 0.468 e. The average Bonchev–Trinajstić information content (AvgIpc) is 2.39. The number of aryl methyl sites for hydroxylation is 2. The zero-order chi connectivity index (χ0) is 10.9. The van der Waals surface area contributed by atoms with Crippen LogP contribution in [0.5, 0.6) is 0 Å². The van der Waals surface area contributed by atoms with E-state index < -0.39 is 12.0 Å². The van der Waals surface area contributed by atoms with Gasteiger partial charge < -0.3 is 10.5 Å². The van der Waals surface area contributed by atoms with Gasteiger partial charge >= 0.3 is 5.97 Å². The molecule has 0 aliphatic rings. The molecule has 0 spiro atoms. The van der Waals surface area contributed by atoms with Crippen molar-refractivity contribution in [2.24, 2.45) is 12.8 Å². The molecule has 0 saturated carbocycles. The zero-order valence-corrected chi connectivity index (χ0v) is 8.87. The van der Waals surface area contributed by atoms with E-state index in [1.165, 1.54) is 7.11 Å². The molecule has 0 aliphatic heterocycles. The number of methoxy groups -OCH3 is 1. The minimum Gasteiger partial charge on any atom is -0.468 e.